The third-order valence-electron chi connectivity index (χ3n) is 3.49. The largest absolute Gasteiger partial charge is 0.289 e. The lowest BCUT2D eigenvalue weighted by atomic mass is 9.80. The van der Waals surface area contributed by atoms with Crippen LogP contribution < -0.4 is 0 Å². The normalized spacial score (nSPS) is 13.2. The average Bonchev–Trinajstić information content (AvgIpc) is 2.38. The van der Waals surface area contributed by atoms with Crippen LogP contribution in [0.3, 0.4) is 0 Å². The fourth-order valence-electron chi connectivity index (χ4n) is 2.54. The summed E-state index contributed by atoms with van der Waals surface area (Å²) in [6.07, 6.45) is 0. The summed E-state index contributed by atoms with van der Waals surface area (Å²) in [4.78, 5) is 24.9. The van der Waals surface area contributed by atoms with Crippen LogP contribution in [0.2, 0.25) is 0 Å². The predicted octanol–water partition coefficient (Wildman–Crippen LogP) is 3.08. The molecular weight excluding hydrogens is 224 g/mol. The van der Waals surface area contributed by atoms with Gasteiger partial charge in [-0.25, -0.2) is 0 Å². The first-order valence-electron chi connectivity index (χ1n) is 5.90. The molecule has 0 atom stereocenters. The minimum absolute atomic E-state index is 0.0404. The molecule has 0 bridgehead atoms. The number of benzene rings is 2. The summed E-state index contributed by atoms with van der Waals surface area (Å²) in [5, 5.41) is 0. The summed E-state index contributed by atoms with van der Waals surface area (Å²) in [5.41, 5.74) is 3.90. The summed E-state index contributed by atoms with van der Waals surface area (Å²) in [6, 6.07) is 10.8. The predicted molar refractivity (Wildman–Crippen MR) is 69.2 cm³/mol. The molecule has 0 saturated heterocycles. The molecule has 1 aliphatic rings. The SMILES string of the molecule is Cc1ccc(C)c2c1C(=O)c1ccccc1C2=O. The Morgan fingerprint density at radius 2 is 1.06 bits per heavy atom. The topological polar surface area (TPSA) is 34.1 Å². The van der Waals surface area contributed by atoms with Crippen LogP contribution in [0.4, 0.5) is 0 Å². The van der Waals surface area contributed by atoms with Gasteiger partial charge in [0.15, 0.2) is 11.6 Å². The van der Waals surface area contributed by atoms with Gasteiger partial charge < -0.3 is 0 Å². The molecule has 0 aliphatic heterocycles. The molecule has 88 valence electrons. The highest BCUT2D eigenvalue weighted by molar-refractivity contribution is 6.29. The summed E-state index contributed by atoms with van der Waals surface area (Å²) in [6.45, 7) is 3.74. The second-order valence-corrected chi connectivity index (χ2v) is 4.65. The van der Waals surface area contributed by atoms with Gasteiger partial charge in [0, 0.05) is 22.3 Å². The van der Waals surface area contributed by atoms with Gasteiger partial charge in [-0.05, 0) is 25.0 Å². The summed E-state index contributed by atoms with van der Waals surface area (Å²) >= 11 is 0. The standard InChI is InChI=1S/C16H12O2/c1-9-7-8-10(2)14-13(9)15(17)11-5-3-4-6-12(11)16(14)18/h3-8H,1-2H3. The maximum absolute atomic E-state index is 12.5. The van der Waals surface area contributed by atoms with Crippen molar-refractivity contribution >= 4 is 11.6 Å². The van der Waals surface area contributed by atoms with Gasteiger partial charge in [0.1, 0.15) is 0 Å². The van der Waals surface area contributed by atoms with E-state index in [1.807, 2.05) is 26.0 Å². The van der Waals surface area contributed by atoms with Gasteiger partial charge in [-0.2, -0.15) is 0 Å². The van der Waals surface area contributed by atoms with E-state index in [4.69, 9.17) is 0 Å². The summed E-state index contributed by atoms with van der Waals surface area (Å²) < 4.78 is 0. The van der Waals surface area contributed by atoms with Crippen molar-refractivity contribution in [2.75, 3.05) is 0 Å². The van der Waals surface area contributed by atoms with Gasteiger partial charge in [0.2, 0.25) is 0 Å². The minimum Gasteiger partial charge on any atom is -0.289 e. The molecule has 2 heteroatoms. The first-order valence-corrected chi connectivity index (χ1v) is 5.90. The number of hydrogen-bond donors (Lipinski definition) is 0. The van der Waals surface area contributed by atoms with Gasteiger partial charge in [-0.1, -0.05) is 36.4 Å². The van der Waals surface area contributed by atoms with E-state index in [0.29, 0.717) is 22.3 Å². The molecule has 0 unspecified atom stereocenters. The van der Waals surface area contributed by atoms with Gasteiger partial charge >= 0.3 is 0 Å². The van der Waals surface area contributed by atoms with Crippen molar-refractivity contribution in [3.63, 3.8) is 0 Å². The molecule has 2 nitrogen and oxygen atoms in total. The Balaban J connectivity index is 2.41. The van der Waals surface area contributed by atoms with Gasteiger partial charge in [-0.3, -0.25) is 9.59 Å². The van der Waals surface area contributed by atoms with Crippen molar-refractivity contribution < 1.29 is 9.59 Å². The van der Waals surface area contributed by atoms with E-state index in [0.717, 1.165) is 11.1 Å². The number of rotatable bonds is 0. The van der Waals surface area contributed by atoms with Gasteiger partial charge in [0.05, 0.1) is 0 Å². The highest BCUT2D eigenvalue weighted by atomic mass is 16.1. The number of fused-ring (bicyclic) bond motifs is 2. The third kappa shape index (κ3) is 1.29. The van der Waals surface area contributed by atoms with Crippen molar-refractivity contribution in [1.82, 2.24) is 0 Å². The Morgan fingerprint density at radius 1 is 0.667 bits per heavy atom. The number of hydrogen-bond acceptors (Lipinski definition) is 2. The van der Waals surface area contributed by atoms with Crippen molar-refractivity contribution in [2.45, 2.75) is 13.8 Å². The molecule has 0 fully saturated rings. The zero-order chi connectivity index (χ0) is 12.9. The van der Waals surface area contributed by atoms with Crippen molar-refractivity contribution in [2.24, 2.45) is 0 Å². The molecule has 2 aromatic carbocycles. The van der Waals surface area contributed by atoms with Gasteiger partial charge in [-0.15, -0.1) is 0 Å². The van der Waals surface area contributed by atoms with E-state index in [1.165, 1.54) is 0 Å². The van der Waals surface area contributed by atoms with Crippen LogP contribution in [-0.4, -0.2) is 11.6 Å². The fraction of sp³-hybridized carbons (Fsp3) is 0.125. The van der Waals surface area contributed by atoms with Crippen LogP contribution in [0, 0.1) is 13.8 Å². The molecule has 2 aromatic rings. The molecule has 0 aromatic heterocycles. The molecule has 0 amide bonds. The molecule has 0 heterocycles. The van der Waals surface area contributed by atoms with E-state index >= 15 is 0 Å². The Bertz CT molecular complexity index is 636. The molecule has 0 saturated carbocycles. The Labute approximate surface area is 105 Å². The third-order valence-corrected chi connectivity index (χ3v) is 3.49. The molecular formula is C16H12O2. The minimum atomic E-state index is -0.0404. The molecule has 18 heavy (non-hydrogen) atoms. The van der Waals surface area contributed by atoms with E-state index in [-0.39, 0.29) is 11.6 Å². The monoisotopic (exact) mass is 236 g/mol. The van der Waals surface area contributed by atoms with E-state index in [9.17, 15) is 9.59 Å². The van der Waals surface area contributed by atoms with Crippen LogP contribution >= 0.6 is 0 Å². The quantitative estimate of drug-likeness (QED) is 0.601. The van der Waals surface area contributed by atoms with Crippen LogP contribution in [-0.2, 0) is 0 Å². The zero-order valence-corrected chi connectivity index (χ0v) is 10.3. The zero-order valence-electron chi connectivity index (χ0n) is 10.3. The number of ketones is 2. The summed E-state index contributed by atoms with van der Waals surface area (Å²) in [7, 11) is 0. The lowest BCUT2D eigenvalue weighted by Crippen LogP contribution is -2.23. The fourth-order valence-corrected chi connectivity index (χ4v) is 2.54. The first-order chi connectivity index (χ1) is 8.61. The first kappa shape index (κ1) is 10.9. The smallest absolute Gasteiger partial charge is 0.194 e. The van der Waals surface area contributed by atoms with Crippen LogP contribution in [0.15, 0.2) is 36.4 Å². The van der Waals surface area contributed by atoms with E-state index in [1.54, 1.807) is 24.3 Å². The highest BCUT2D eigenvalue weighted by Crippen LogP contribution is 2.31. The maximum Gasteiger partial charge on any atom is 0.194 e. The van der Waals surface area contributed by atoms with Crippen molar-refractivity contribution in [3.05, 3.63) is 69.8 Å². The lowest BCUT2D eigenvalue weighted by Gasteiger charge is -2.20. The molecule has 1 aliphatic carbocycles. The molecule has 0 spiro atoms. The number of carbonyl (C=O) groups is 2. The Morgan fingerprint density at radius 3 is 1.44 bits per heavy atom. The number of aryl methyl sites for hydroxylation is 2. The molecule has 0 radical (unpaired) electrons. The average molecular weight is 236 g/mol. The number of carbonyl (C=O) groups excluding carboxylic acids is 2. The van der Waals surface area contributed by atoms with Gasteiger partial charge in [0.25, 0.3) is 0 Å². The summed E-state index contributed by atoms with van der Waals surface area (Å²) in [5.74, 6) is -0.0807. The van der Waals surface area contributed by atoms with Crippen LogP contribution in [0.25, 0.3) is 0 Å². The van der Waals surface area contributed by atoms with Crippen molar-refractivity contribution in [3.8, 4) is 0 Å². The van der Waals surface area contributed by atoms with E-state index in [2.05, 4.69) is 0 Å². The van der Waals surface area contributed by atoms with Crippen molar-refractivity contribution in [1.29, 1.82) is 0 Å². The second kappa shape index (κ2) is 3.64. The molecule has 0 N–H and O–H groups in total. The van der Waals surface area contributed by atoms with Crippen LogP contribution in [0.1, 0.15) is 43.0 Å². The Hall–Kier alpha value is -2.22. The van der Waals surface area contributed by atoms with E-state index < -0.39 is 0 Å². The highest BCUT2D eigenvalue weighted by Gasteiger charge is 2.31. The second-order valence-electron chi connectivity index (χ2n) is 4.65. The molecule has 3 rings (SSSR count). The van der Waals surface area contributed by atoms with Crippen LogP contribution in [0.5, 0.6) is 0 Å². The maximum atomic E-state index is 12.5. The Kier molecular flexibility index (Phi) is 2.20. The lowest BCUT2D eigenvalue weighted by molar-refractivity contribution is 0.0978.